The van der Waals surface area contributed by atoms with Gasteiger partial charge in [-0.1, -0.05) is 6.07 Å². The molecule has 0 aromatic carbocycles. The van der Waals surface area contributed by atoms with Gasteiger partial charge in [0.15, 0.2) is 11.5 Å². The van der Waals surface area contributed by atoms with Gasteiger partial charge in [0.1, 0.15) is 0 Å². The van der Waals surface area contributed by atoms with Crippen molar-refractivity contribution in [2.75, 3.05) is 13.6 Å². The Balaban J connectivity index is 0.00000162. The molecule has 0 fully saturated rings. The Morgan fingerprint density at radius 1 is 1.37 bits per heavy atom. The van der Waals surface area contributed by atoms with E-state index in [1.807, 2.05) is 35.7 Å². The maximum atomic E-state index is 11.5. The number of fused-ring (bicyclic) bond motifs is 1. The van der Waals surface area contributed by atoms with Gasteiger partial charge in [0.25, 0.3) is 0 Å². The predicted molar refractivity (Wildman–Crippen MR) is 78.0 cm³/mol. The van der Waals surface area contributed by atoms with Crippen LogP contribution in [-0.2, 0) is 4.79 Å². The maximum absolute atomic E-state index is 11.5. The number of amides is 1. The van der Waals surface area contributed by atoms with Gasteiger partial charge in [-0.2, -0.15) is 0 Å². The summed E-state index contributed by atoms with van der Waals surface area (Å²) in [6.07, 6.45) is 1.88. The quantitative estimate of drug-likeness (QED) is 0.883. The Morgan fingerprint density at radius 2 is 2.11 bits per heavy atom. The number of hydrogen-bond donors (Lipinski definition) is 2. The SMILES string of the molecule is CNCC(=O)NC(C)c1nnc2ccccn12.Cl.Cl. The van der Waals surface area contributed by atoms with Gasteiger partial charge >= 0.3 is 0 Å². The molecule has 0 spiro atoms. The summed E-state index contributed by atoms with van der Waals surface area (Å²) in [7, 11) is 1.73. The molecule has 2 N–H and O–H groups in total. The highest BCUT2D eigenvalue weighted by Crippen LogP contribution is 2.11. The molecule has 0 bridgehead atoms. The van der Waals surface area contributed by atoms with E-state index in [4.69, 9.17) is 0 Å². The minimum absolute atomic E-state index is 0. The largest absolute Gasteiger partial charge is 0.345 e. The fraction of sp³-hybridized carbons (Fsp3) is 0.364. The minimum Gasteiger partial charge on any atom is -0.345 e. The molecule has 2 aromatic heterocycles. The first-order valence-corrected chi connectivity index (χ1v) is 5.46. The second-order valence-electron chi connectivity index (χ2n) is 3.81. The fourth-order valence-corrected chi connectivity index (χ4v) is 1.67. The summed E-state index contributed by atoms with van der Waals surface area (Å²) < 4.78 is 1.87. The first kappa shape index (κ1) is 17.6. The molecule has 0 saturated carbocycles. The predicted octanol–water partition coefficient (Wildman–Crippen LogP) is 0.969. The Labute approximate surface area is 123 Å². The number of halogens is 2. The van der Waals surface area contributed by atoms with Crippen molar-refractivity contribution in [1.29, 1.82) is 0 Å². The normalized spacial score (nSPS) is 11.3. The molecule has 19 heavy (non-hydrogen) atoms. The van der Waals surface area contributed by atoms with Crippen LogP contribution in [0.3, 0.4) is 0 Å². The molecule has 1 unspecified atom stereocenters. The van der Waals surface area contributed by atoms with Gasteiger partial charge in [0.2, 0.25) is 5.91 Å². The van der Waals surface area contributed by atoms with Gasteiger partial charge < -0.3 is 10.6 Å². The van der Waals surface area contributed by atoms with E-state index in [9.17, 15) is 4.79 Å². The van der Waals surface area contributed by atoms with E-state index in [1.54, 1.807) is 7.05 Å². The lowest BCUT2D eigenvalue weighted by molar-refractivity contribution is -0.120. The molecule has 8 heteroatoms. The lowest BCUT2D eigenvalue weighted by Gasteiger charge is -2.11. The second-order valence-corrected chi connectivity index (χ2v) is 3.81. The highest BCUT2D eigenvalue weighted by atomic mass is 35.5. The Bertz CT molecular complexity index is 531. The molecular formula is C11H17Cl2N5O. The maximum Gasteiger partial charge on any atom is 0.234 e. The Kier molecular flexibility index (Phi) is 7.36. The van der Waals surface area contributed by atoms with Crippen molar-refractivity contribution in [3.8, 4) is 0 Å². The van der Waals surface area contributed by atoms with E-state index in [0.717, 1.165) is 11.5 Å². The highest BCUT2D eigenvalue weighted by Gasteiger charge is 2.14. The average Bonchev–Trinajstić information content (AvgIpc) is 2.72. The number of carbonyl (C=O) groups is 1. The lowest BCUT2D eigenvalue weighted by Crippen LogP contribution is -2.34. The zero-order valence-corrected chi connectivity index (χ0v) is 12.3. The Morgan fingerprint density at radius 3 is 2.79 bits per heavy atom. The topological polar surface area (TPSA) is 71.3 Å². The van der Waals surface area contributed by atoms with E-state index >= 15 is 0 Å². The summed E-state index contributed by atoms with van der Waals surface area (Å²) in [6.45, 7) is 2.18. The van der Waals surface area contributed by atoms with E-state index in [0.29, 0.717) is 6.54 Å². The van der Waals surface area contributed by atoms with Crippen LogP contribution in [0.2, 0.25) is 0 Å². The van der Waals surface area contributed by atoms with Crippen molar-refractivity contribution in [3.63, 3.8) is 0 Å². The van der Waals surface area contributed by atoms with Gasteiger partial charge in [-0.25, -0.2) is 0 Å². The van der Waals surface area contributed by atoms with Crippen LogP contribution in [0.5, 0.6) is 0 Å². The Hall–Kier alpha value is -1.37. The molecule has 0 saturated heterocycles. The minimum atomic E-state index is -0.173. The summed E-state index contributed by atoms with van der Waals surface area (Å²) in [5.41, 5.74) is 0.775. The van der Waals surface area contributed by atoms with Gasteiger partial charge in [0.05, 0.1) is 12.6 Å². The molecule has 106 valence electrons. The van der Waals surface area contributed by atoms with Crippen LogP contribution in [0, 0.1) is 0 Å². The molecular weight excluding hydrogens is 289 g/mol. The molecule has 2 rings (SSSR count). The van der Waals surface area contributed by atoms with Crippen molar-refractivity contribution < 1.29 is 4.79 Å². The molecule has 0 aliphatic heterocycles. The van der Waals surface area contributed by atoms with Crippen LogP contribution in [0.1, 0.15) is 18.8 Å². The smallest absolute Gasteiger partial charge is 0.234 e. The molecule has 1 amide bonds. The van der Waals surface area contributed by atoms with Crippen LogP contribution >= 0.6 is 24.8 Å². The molecule has 0 radical (unpaired) electrons. The van der Waals surface area contributed by atoms with Crippen LogP contribution in [-0.4, -0.2) is 34.1 Å². The summed E-state index contributed by atoms with van der Waals surface area (Å²) >= 11 is 0. The van der Waals surface area contributed by atoms with E-state index < -0.39 is 0 Å². The third-order valence-corrected chi connectivity index (χ3v) is 2.44. The molecule has 2 aromatic rings. The second kappa shape index (κ2) is 7.93. The third kappa shape index (κ3) is 4.05. The first-order valence-electron chi connectivity index (χ1n) is 5.46. The number of rotatable bonds is 4. The van der Waals surface area contributed by atoms with Gasteiger partial charge in [-0.3, -0.25) is 9.20 Å². The van der Waals surface area contributed by atoms with E-state index in [2.05, 4.69) is 20.8 Å². The van der Waals surface area contributed by atoms with Crippen molar-refractivity contribution in [3.05, 3.63) is 30.2 Å². The van der Waals surface area contributed by atoms with Gasteiger partial charge in [0, 0.05) is 6.20 Å². The summed E-state index contributed by atoms with van der Waals surface area (Å²) in [5.74, 6) is 0.665. The average molecular weight is 306 g/mol. The van der Waals surface area contributed by atoms with Crippen molar-refractivity contribution in [1.82, 2.24) is 25.2 Å². The molecule has 1 atom stereocenters. The number of likely N-dealkylation sites (N-methyl/N-ethyl adjacent to an activating group) is 1. The van der Waals surface area contributed by atoms with Crippen molar-refractivity contribution in [2.24, 2.45) is 0 Å². The lowest BCUT2D eigenvalue weighted by atomic mass is 10.3. The number of hydrogen-bond acceptors (Lipinski definition) is 4. The highest BCUT2D eigenvalue weighted by molar-refractivity contribution is 5.85. The third-order valence-electron chi connectivity index (χ3n) is 2.44. The zero-order valence-electron chi connectivity index (χ0n) is 10.7. The first-order chi connectivity index (χ1) is 8.22. The number of nitrogens with zero attached hydrogens (tertiary/aromatic N) is 3. The van der Waals surface area contributed by atoms with E-state index in [-0.39, 0.29) is 36.8 Å². The standard InChI is InChI=1S/C11H15N5O.2ClH/c1-8(13-10(17)7-12-2)11-15-14-9-5-3-4-6-16(9)11;;/h3-6,8,12H,7H2,1-2H3,(H,13,17);2*1H. The van der Waals surface area contributed by atoms with Crippen LogP contribution < -0.4 is 10.6 Å². The van der Waals surface area contributed by atoms with Gasteiger partial charge in [-0.15, -0.1) is 35.0 Å². The van der Waals surface area contributed by atoms with Crippen LogP contribution in [0.4, 0.5) is 0 Å². The molecule has 6 nitrogen and oxygen atoms in total. The number of nitrogens with one attached hydrogen (secondary N) is 2. The number of pyridine rings is 1. The molecule has 2 heterocycles. The number of carbonyl (C=O) groups excluding carboxylic acids is 1. The summed E-state index contributed by atoms with van der Waals surface area (Å²) in [5, 5.41) is 13.8. The number of aromatic nitrogens is 3. The van der Waals surface area contributed by atoms with Crippen molar-refractivity contribution in [2.45, 2.75) is 13.0 Å². The molecule has 0 aliphatic rings. The zero-order chi connectivity index (χ0) is 12.3. The molecule has 0 aliphatic carbocycles. The van der Waals surface area contributed by atoms with Gasteiger partial charge in [-0.05, 0) is 26.1 Å². The van der Waals surface area contributed by atoms with Crippen LogP contribution in [0.25, 0.3) is 5.65 Å². The fourth-order valence-electron chi connectivity index (χ4n) is 1.67. The summed E-state index contributed by atoms with van der Waals surface area (Å²) in [4.78, 5) is 11.5. The van der Waals surface area contributed by atoms with E-state index in [1.165, 1.54) is 0 Å². The summed E-state index contributed by atoms with van der Waals surface area (Å²) in [6, 6.07) is 5.51. The van der Waals surface area contributed by atoms with Crippen molar-refractivity contribution >= 4 is 36.4 Å². The van der Waals surface area contributed by atoms with Crippen LogP contribution in [0.15, 0.2) is 24.4 Å². The monoisotopic (exact) mass is 305 g/mol.